The second kappa shape index (κ2) is 8.15. The topological polar surface area (TPSA) is 105 Å². The summed E-state index contributed by atoms with van der Waals surface area (Å²) >= 11 is 5.86. The highest BCUT2D eigenvalue weighted by atomic mass is 35.5. The van der Waals surface area contributed by atoms with Gasteiger partial charge < -0.3 is 14.2 Å². The van der Waals surface area contributed by atoms with Gasteiger partial charge in [0.2, 0.25) is 5.75 Å². The van der Waals surface area contributed by atoms with E-state index >= 15 is 0 Å². The lowest BCUT2D eigenvalue weighted by atomic mass is 10.1. The van der Waals surface area contributed by atoms with Gasteiger partial charge in [-0.2, -0.15) is 0 Å². The third-order valence-electron chi connectivity index (χ3n) is 3.90. The second-order valence-electron chi connectivity index (χ2n) is 5.93. The number of ether oxygens (including phenoxy) is 3. The molecule has 3 rings (SSSR count). The number of nitrogens with zero attached hydrogens (tertiary/aromatic N) is 1. The summed E-state index contributed by atoms with van der Waals surface area (Å²) in [6.45, 7) is 1.12. The molecular weight excluding hydrogens is 402 g/mol. The first-order valence-electron chi connectivity index (χ1n) is 8.25. The number of benzene rings is 2. The smallest absolute Gasteiger partial charge is 0.343 e. The third kappa shape index (κ3) is 4.44. The molecule has 9 heteroatoms. The summed E-state index contributed by atoms with van der Waals surface area (Å²) in [5.74, 6) is -1.34. The number of rotatable bonds is 5. The van der Waals surface area contributed by atoms with Crippen LogP contribution in [0.1, 0.15) is 18.1 Å². The zero-order chi connectivity index (χ0) is 21.1. The number of nitro groups is 1. The third-order valence-corrected chi connectivity index (χ3v) is 4.15. The molecule has 0 unspecified atom stereocenters. The first kappa shape index (κ1) is 20.1. The molecule has 0 fully saturated rings. The summed E-state index contributed by atoms with van der Waals surface area (Å²) in [4.78, 5) is 34.2. The summed E-state index contributed by atoms with van der Waals surface area (Å²) in [7, 11) is 1.28. The number of cyclic esters (lactones) is 1. The molecule has 1 aliphatic rings. The number of esters is 2. The maximum absolute atomic E-state index is 12.2. The standard InChI is InChI=1S/C20H14ClNO7/c1-11(23)28-19-16(22(25)26)8-12(9-18(19)27-2)7-14-10-17(29-20(14)24)13-3-5-15(21)6-4-13/h3-10H,1-2H3. The monoisotopic (exact) mass is 415 g/mol. The lowest BCUT2D eigenvalue weighted by Gasteiger charge is -2.09. The van der Waals surface area contributed by atoms with E-state index in [1.54, 1.807) is 24.3 Å². The molecule has 0 aromatic heterocycles. The normalized spacial score (nSPS) is 14.4. The average Bonchev–Trinajstić information content (AvgIpc) is 3.03. The molecule has 0 spiro atoms. The molecule has 0 saturated carbocycles. The van der Waals surface area contributed by atoms with Gasteiger partial charge in [0.05, 0.1) is 17.6 Å². The highest BCUT2D eigenvalue weighted by Gasteiger charge is 2.26. The Morgan fingerprint density at radius 1 is 1.24 bits per heavy atom. The minimum Gasteiger partial charge on any atom is -0.493 e. The lowest BCUT2D eigenvalue weighted by Crippen LogP contribution is -2.06. The van der Waals surface area contributed by atoms with E-state index in [0.29, 0.717) is 21.9 Å². The quantitative estimate of drug-likeness (QED) is 0.237. The van der Waals surface area contributed by atoms with E-state index in [1.165, 1.54) is 31.4 Å². The Labute approximate surface area is 170 Å². The Hall–Kier alpha value is -3.65. The van der Waals surface area contributed by atoms with Gasteiger partial charge in [0, 0.05) is 23.6 Å². The van der Waals surface area contributed by atoms with Gasteiger partial charge in [-0.25, -0.2) is 4.79 Å². The molecule has 0 bridgehead atoms. The van der Waals surface area contributed by atoms with Crippen LogP contribution in [-0.2, 0) is 14.3 Å². The van der Waals surface area contributed by atoms with Crippen LogP contribution in [0.15, 0.2) is 48.0 Å². The maximum atomic E-state index is 12.2. The van der Waals surface area contributed by atoms with Crippen LogP contribution in [0.5, 0.6) is 11.5 Å². The lowest BCUT2D eigenvalue weighted by molar-refractivity contribution is -0.385. The van der Waals surface area contributed by atoms with Crippen molar-refractivity contribution in [2.45, 2.75) is 6.92 Å². The summed E-state index contributed by atoms with van der Waals surface area (Å²) in [6, 6.07) is 9.32. The zero-order valence-corrected chi connectivity index (χ0v) is 16.1. The number of carbonyl (C=O) groups excluding carboxylic acids is 2. The fourth-order valence-corrected chi connectivity index (χ4v) is 2.78. The van der Waals surface area contributed by atoms with E-state index in [1.807, 2.05) is 0 Å². The molecule has 0 radical (unpaired) electrons. The van der Waals surface area contributed by atoms with Crippen LogP contribution in [0.25, 0.3) is 11.8 Å². The number of halogens is 1. The van der Waals surface area contributed by atoms with Gasteiger partial charge in [0.1, 0.15) is 5.76 Å². The van der Waals surface area contributed by atoms with Gasteiger partial charge in [0.25, 0.3) is 0 Å². The van der Waals surface area contributed by atoms with E-state index in [-0.39, 0.29) is 17.1 Å². The molecule has 0 atom stereocenters. The molecule has 8 nitrogen and oxygen atoms in total. The largest absolute Gasteiger partial charge is 0.493 e. The highest BCUT2D eigenvalue weighted by Crippen LogP contribution is 2.39. The van der Waals surface area contributed by atoms with Crippen molar-refractivity contribution in [3.05, 3.63) is 74.3 Å². The molecule has 2 aromatic rings. The highest BCUT2D eigenvalue weighted by molar-refractivity contribution is 6.30. The number of carbonyl (C=O) groups is 2. The fraction of sp³-hybridized carbons (Fsp3) is 0.100. The van der Waals surface area contributed by atoms with E-state index < -0.39 is 22.5 Å². The van der Waals surface area contributed by atoms with Gasteiger partial charge >= 0.3 is 17.6 Å². The fourth-order valence-electron chi connectivity index (χ4n) is 2.65. The van der Waals surface area contributed by atoms with Crippen molar-refractivity contribution in [1.82, 2.24) is 0 Å². The van der Waals surface area contributed by atoms with Gasteiger partial charge in [-0.15, -0.1) is 0 Å². The number of methoxy groups -OCH3 is 1. The van der Waals surface area contributed by atoms with Gasteiger partial charge in [-0.05, 0) is 48.0 Å². The summed E-state index contributed by atoms with van der Waals surface area (Å²) in [5.41, 5.74) is 0.663. The minimum atomic E-state index is -0.729. The second-order valence-corrected chi connectivity index (χ2v) is 6.36. The van der Waals surface area contributed by atoms with E-state index in [9.17, 15) is 19.7 Å². The van der Waals surface area contributed by atoms with Crippen LogP contribution >= 0.6 is 11.6 Å². The number of nitro benzene ring substituents is 1. The van der Waals surface area contributed by atoms with Crippen molar-refractivity contribution in [1.29, 1.82) is 0 Å². The molecule has 1 heterocycles. The first-order valence-corrected chi connectivity index (χ1v) is 8.62. The average molecular weight is 416 g/mol. The minimum absolute atomic E-state index is 0.0190. The van der Waals surface area contributed by atoms with Crippen LogP contribution < -0.4 is 9.47 Å². The molecule has 0 saturated heterocycles. The molecule has 2 aromatic carbocycles. The molecule has 148 valence electrons. The summed E-state index contributed by atoms with van der Waals surface area (Å²) in [5, 5.41) is 12.0. The molecule has 0 N–H and O–H groups in total. The predicted molar refractivity (Wildman–Crippen MR) is 104 cm³/mol. The predicted octanol–water partition coefficient (Wildman–Crippen LogP) is 4.16. The summed E-state index contributed by atoms with van der Waals surface area (Å²) in [6.07, 6.45) is 2.93. The van der Waals surface area contributed by atoms with Crippen LogP contribution in [0.2, 0.25) is 5.02 Å². The first-order chi connectivity index (χ1) is 13.8. The molecule has 0 amide bonds. The van der Waals surface area contributed by atoms with Crippen molar-refractivity contribution in [2.24, 2.45) is 0 Å². The van der Waals surface area contributed by atoms with Crippen molar-refractivity contribution in [3.8, 4) is 11.5 Å². The zero-order valence-electron chi connectivity index (χ0n) is 15.3. The summed E-state index contributed by atoms with van der Waals surface area (Å²) < 4.78 is 15.3. The van der Waals surface area contributed by atoms with Gasteiger partial charge in [-0.3, -0.25) is 14.9 Å². The van der Waals surface area contributed by atoms with Crippen molar-refractivity contribution >= 4 is 41.1 Å². The van der Waals surface area contributed by atoms with Crippen molar-refractivity contribution < 1.29 is 28.7 Å². The molecule has 1 aliphatic heterocycles. The Morgan fingerprint density at radius 2 is 1.93 bits per heavy atom. The van der Waals surface area contributed by atoms with Gasteiger partial charge in [-0.1, -0.05) is 11.6 Å². The van der Waals surface area contributed by atoms with Gasteiger partial charge in [0.15, 0.2) is 5.75 Å². The Bertz CT molecular complexity index is 1070. The molecular formula is C20H14ClNO7. The maximum Gasteiger partial charge on any atom is 0.343 e. The number of hydrogen-bond acceptors (Lipinski definition) is 7. The Kier molecular flexibility index (Phi) is 5.65. The Morgan fingerprint density at radius 3 is 2.52 bits per heavy atom. The van der Waals surface area contributed by atoms with Crippen LogP contribution in [0.3, 0.4) is 0 Å². The molecule has 0 aliphatic carbocycles. The molecule has 29 heavy (non-hydrogen) atoms. The SMILES string of the molecule is COc1cc(C=C2C=C(c3ccc(Cl)cc3)OC2=O)cc([N+](=O)[O-])c1OC(C)=O. The van der Waals surface area contributed by atoms with Crippen LogP contribution in [0, 0.1) is 10.1 Å². The van der Waals surface area contributed by atoms with E-state index in [0.717, 1.165) is 6.92 Å². The van der Waals surface area contributed by atoms with Crippen molar-refractivity contribution in [3.63, 3.8) is 0 Å². The number of hydrogen-bond donors (Lipinski definition) is 0. The van der Waals surface area contributed by atoms with Crippen LogP contribution in [0.4, 0.5) is 5.69 Å². The van der Waals surface area contributed by atoms with E-state index in [2.05, 4.69) is 0 Å². The van der Waals surface area contributed by atoms with Crippen LogP contribution in [-0.4, -0.2) is 24.0 Å². The van der Waals surface area contributed by atoms with E-state index in [4.69, 9.17) is 25.8 Å². The Balaban J connectivity index is 2.04. The van der Waals surface area contributed by atoms with Crippen molar-refractivity contribution in [2.75, 3.05) is 7.11 Å².